The molecule has 0 saturated carbocycles. The molecule has 3 aliphatic heterocycles. The number of alkyl halides is 1. The molecular formula is C31H34F3N3O. The number of hydrogen-bond donors (Lipinski definition) is 1. The highest BCUT2D eigenvalue weighted by molar-refractivity contribution is 5.55. The molecule has 0 bridgehead atoms. The number of hydrogen-bond acceptors (Lipinski definition) is 4. The van der Waals surface area contributed by atoms with Gasteiger partial charge in [-0.3, -0.25) is 4.90 Å². The second kappa shape index (κ2) is 9.62. The zero-order valence-corrected chi connectivity index (χ0v) is 21.9. The molecule has 1 unspecified atom stereocenters. The Kier molecular flexibility index (Phi) is 6.39. The molecule has 0 aromatic heterocycles. The van der Waals surface area contributed by atoms with Gasteiger partial charge in [0, 0.05) is 55.9 Å². The number of anilines is 1. The van der Waals surface area contributed by atoms with Gasteiger partial charge in [0.15, 0.2) is 0 Å². The first-order valence-corrected chi connectivity index (χ1v) is 13.4. The van der Waals surface area contributed by atoms with Gasteiger partial charge in [-0.15, -0.1) is 0 Å². The zero-order valence-electron chi connectivity index (χ0n) is 21.9. The summed E-state index contributed by atoms with van der Waals surface area (Å²) in [7, 11) is 0. The van der Waals surface area contributed by atoms with E-state index in [1.165, 1.54) is 26.0 Å². The molecule has 38 heavy (non-hydrogen) atoms. The summed E-state index contributed by atoms with van der Waals surface area (Å²) >= 11 is 0. The second-order valence-electron chi connectivity index (χ2n) is 11.8. The van der Waals surface area contributed by atoms with Gasteiger partial charge >= 0.3 is 0 Å². The second-order valence-corrected chi connectivity index (χ2v) is 11.8. The smallest absolute Gasteiger partial charge is 0.133 e. The molecule has 0 amide bonds. The monoisotopic (exact) mass is 521 g/mol. The summed E-state index contributed by atoms with van der Waals surface area (Å²) in [4.78, 5) is 3.90. The summed E-state index contributed by atoms with van der Waals surface area (Å²) in [6.07, 6.45) is 0.648. The Morgan fingerprint density at radius 2 is 1.71 bits per heavy atom. The van der Waals surface area contributed by atoms with Gasteiger partial charge in [0.1, 0.15) is 29.7 Å². The van der Waals surface area contributed by atoms with E-state index >= 15 is 8.78 Å². The van der Waals surface area contributed by atoms with E-state index in [4.69, 9.17) is 4.74 Å². The molecule has 3 heterocycles. The van der Waals surface area contributed by atoms with Crippen LogP contribution in [0.3, 0.4) is 0 Å². The van der Waals surface area contributed by atoms with Crippen LogP contribution >= 0.6 is 0 Å². The Labute approximate surface area is 222 Å². The SMILES string of the molecule is CC(C)(F)CN1CCc2cc(OCc3ccccc3)ccc2C1c1c(F)cc(N2CC3(CNC3)C2)cc1F. The number of rotatable bonds is 7. The maximum absolute atomic E-state index is 15.8. The molecule has 1 spiro atoms. The lowest BCUT2D eigenvalue weighted by molar-refractivity contribution is 0.0971. The number of benzene rings is 3. The number of nitrogens with zero attached hydrogens (tertiary/aromatic N) is 2. The lowest BCUT2D eigenvalue weighted by Crippen LogP contribution is -2.71. The van der Waals surface area contributed by atoms with Crippen LogP contribution in [0.25, 0.3) is 0 Å². The number of nitrogens with one attached hydrogen (secondary N) is 1. The highest BCUT2D eigenvalue weighted by Gasteiger charge is 2.48. The molecule has 0 radical (unpaired) electrons. The summed E-state index contributed by atoms with van der Waals surface area (Å²) in [6.45, 7) is 7.53. The van der Waals surface area contributed by atoms with Crippen LogP contribution in [-0.2, 0) is 13.0 Å². The van der Waals surface area contributed by atoms with Crippen molar-refractivity contribution in [2.75, 3.05) is 44.2 Å². The molecule has 1 atom stereocenters. The Morgan fingerprint density at radius 1 is 1.00 bits per heavy atom. The Bertz CT molecular complexity index is 1290. The predicted molar refractivity (Wildman–Crippen MR) is 143 cm³/mol. The summed E-state index contributed by atoms with van der Waals surface area (Å²) in [5, 5.41) is 3.28. The molecule has 7 heteroatoms. The molecule has 6 rings (SSSR count). The van der Waals surface area contributed by atoms with Gasteiger partial charge in [-0.1, -0.05) is 36.4 Å². The van der Waals surface area contributed by atoms with E-state index in [9.17, 15) is 4.39 Å². The van der Waals surface area contributed by atoms with E-state index in [2.05, 4.69) is 5.32 Å². The summed E-state index contributed by atoms with van der Waals surface area (Å²) in [6, 6.07) is 17.8. The maximum Gasteiger partial charge on any atom is 0.133 e. The number of halogens is 3. The van der Waals surface area contributed by atoms with Crippen LogP contribution in [0.1, 0.15) is 42.1 Å². The van der Waals surface area contributed by atoms with Crippen molar-refractivity contribution in [3.63, 3.8) is 0 Å². The van der Waals surface area contributed by atoms with E-state index in [1.54, 1.807) is 0 Å². The first-order valence-electron chi connectivity index (χ1n) is 13.4. The molecule has 2 fully saturated rings. The van der Waals surface area contributed by atoms with Crippen LogP contribution < -0.4 is 15.0 Å². The quantitative estimate of drug-likeness (QED) is 0.435. The summed E-state index contributed by atoms with van der Waals surface area (Å²) in [5.74, 6) is -0.465. The Hall–Kier alpha value is -3.03. The average Bonchev–Trinajstić information content (AvgIpc) is 2.81. The van der Waals surface area contributed by atoms with Crippen molar-refractivity contribution in [1.29, 1.82) is 0 Å². The predicted octanol–water partition coefficient (Wildman–Crippen LogP) is 5.65. The van der Waals surface area contributed by atoms with Gasteiger partial charge in [0.25, 0.3) is 0 Å². The standard InChI is InChI=1S/C31H34F3N3O/c1-30(2,34)18-36-11-10-22-12-24(38-15-21-6-4-3-5-7-21)8-9-25(22)29(36)28-26(32)13-23(14-27(28)33)37-19-31(20-37)16-35-17-31/h3-9,12-14,29,35H,10-11,15-20H2,1-2H3. The average molecular weight is 522 g/mol. The topological polar surface area (TPSA) is 27.7 Å². The molecule has 1 N–H and O–H groups in total. The summed E-state index contributed by atoms with van der Waals surface area (Å²) < 4.78 is 52.4. The number of ether oxygens (including phenoxy) is 1. The fourth-order valence-corrected chi connectivity index (χ4v) is 6.14. The lowest BCUT2D eigenvalue weighted by atomic mass is 9.74. The van der Waals surface area contributed by atoms with E-state index in [1.807, 2.05) is 58.3 Å². The van der Waals surface area contributed by atoms with Gasteiger partial charge in [-0.05, 0) is 61.2 Å². The van der Waals surface area contributed by atoms with Gasteiger partial charge in [0.2, 0.25) is 0 Å². The van der Waals surface area contributed by atoms with Gasteiger partial charge in [0.05, 0.1) is 6.04 Å². The lowest BCUT2D eigenvalue weighted by Gasteiger charge is -2.57. The van der Waals surface area contributed by atoms with Crippen LogP contribution in [0.5, 0.6) is 5.75 Å². The van der Waals surface area contributed by atoms with Crippen molar-refractivity contribution in [2.24, 2.45) is 5.41 Å². The maximum atomic E-state index is 15.8. The van der Waals surface area contributed by atoms with E-state index in [0.717, 1.165) is 42.9 Å². The van der Waals surface area contributed by atoms with Crippen LogP contribution in [-0.4, -0.2) is 49.8 Å². The Balaban J connectivity index is 1.30. The molecule has 0 aliphatic carbocycles. The number of fused-ring (bicyclic) bond motifs is 1. The van der Waals surface area contributed by atoms with Crippen molar-refractivity contribution in [3.8, 4) is 5.75 Å². The minimum atomic E-state index is -1.51. The summed E-state index contributed by atoms with van der Waals surface area (Å²) in [5.41, 5.74) is 2.12. The van der Waals surface area contributed by atoms with Crippen molar-refractivity contribution in [3.05, 3.63) is 94.6 Å². The van der Waals surface area contributed by atoms with Crippen LogP contribution in [0.15, 0.2) is 60.7 Å². The van der Waals surface area contributed by atoms with Crippen LogP contribution in [0, 0.1) is 17.0 Å². The fourth-order valence-electron chi connectivity index (χ4n) is 6.14. The van der Waals surface area contributed by atoms with Crippen molar-refractivity contribution >= 4 is 5.69 Å². The van der Waals surface area contributed by atoms with Gasteiger partial charge in [-0.25, -0.2) is 13.2 Å². The molecule has 3 aliphatic rings. The van der Waals surface area contributed by atoms with Crippen LogP contribution in [0.4, 0.5) is 18.9 Å². The third-order valence-corrected chi connectivity index (χ3v) is 8.02. The van der Waals surface area contributed by atoms with Crippen molar-refractivity contribution in [1.82, 2.24) is 10.2 Å². The van der Waals surface area contributed by atoms with E-state index in [-0.39, 0.29) is 17.5 Å². The van der Waals surface area contributed by atoms with E-state index in [0.29, 0.717) is 31.0 Å². The van der Waals surface area contributed by atoms with Crippen molar-refractivity contribution < 1.29 is 17.9 Å². The van der Waals surface area contributed by atoms with E-state index < -0.39 is 23.3 Å². The molecular weight excluding hydrogens is 487 g/mol. The highest BCUT2D eigenvalue weighted by Crippen LogP contribution is 2.43. The zero-order chi connectivity index (χ0) is 26.5. The molecule has 4 nitrogen and oxygen atoms in total. The minimum absolute atomic E-state index is 0.0162. The van der Waals surface area contributed by atoms with Gasteiger partial charge < -0.3 is 15.0 Å². The third-order valence-electron chi connectivity index (χ3n) is 8.02. The molecule has 3 aromatic rings. The van der Waals surface area contributed by atoms with Crippen LogP contribution in [0.2, 0.25) is 0 Å². The first-order chi connectivity index (χ1) is 18.2. The molecule has 3 aromatic carbocycles. The fraction of sp³-hybridized carbons (Fsp3) is 0.419. The highest BCUT2D eigenvalue weighted by atomic mass is 19.1. The largest absolute Gasteiger partial charge is 0.489 e. The third kappa shape index (κ3) is 4.90. The Morgan fingerprint density at radius 3 is 2.34 bits per heavy atom. The van der Waals surface area contributed by atoms with Gasteiger partial charge in [-0.2, -0.15) is 0 Å². The van der Waals surface area contributed by atoms with Crippen molar-refractivity contribution in [2.45, 2.75) is 38.6 Å². The molecule has 200 valence electrons. The molecule has 2 saturated heterocycles. The first kappa shape index (κ1) is 25.3. The minimum Gasteiger partial charge on any atom is -0.489 e. The normalized spacial score (nSPS) is 20.6.